The van der Waals surface area contributed by atoms with E-state index in [4.69, 9.17) is 5.11 Å². The van der Waals surface area contributed by atoms with Crippen molar-refractivity contribution in [2.75, 3.05) is 18.0 Å². The number of aliphatic hydroxyl groups is 1. The molecule has 1 aromatic heterocycles. The molecule has 0 bridgehead atoms. The van der Waals surface area contributed by atoms with Crippen molar-refractivity contribution in [3.8, 4) is 10.4 Å². The molecule has 280 valence electrons. The molecule has 0 saturated heterocycles. The number of thiophene rings is 1. The van der Waals surface area contributed by atoms with E-state index in [1.165, 1.54) is 11.6 Å². The van der Waals surface area contributed by atoms with Crippen LogP contribution in [-0.4, -0.2) is 57.6 Å². The Bertz CT molecular complexity index is 2070. The van der Waals surface area contributed by atoms with Crippen LogP contribution in [-0.2, 0) is 20.4 Å². The highest BCUT2D eigenvalue weighted by Gasteiger charge is 2.50. The van der Waals surface area contributed by atoms with Crippen LogP contribution in [0.5, 0.6) is 0 Å². The van der Waals surface area contributed by atoms with Gasteiger partial charge >= 0.3 is 12.1 Å². The minimum Gasteiger partial charge on any atom is -0.478 e. The molecule has 1 fully saturated rings. The first-order chi connectivity index (χ1) is 25.0. The molecule has 2 N–H and O–H groups in total. The lowest BCUT2D eigenvalue weighted by Gasteiger charge is -2.35. The summed E-state index contributed by atoms with van der Waals surface area (Å²) in [5, 5.41) is 20.8. The molecule has 10 heteroatoms. The Morgan fingerprint density at radius 1 is 0.962 bits per heavy atom. The summed E-state index contributed by atoms with van der Waals surface area (Å²) in [6, 6.07) is 17.5. The monoisotopic (exact) mass is 745 g/mol. The summed E-state index contributed by atoms with van der Waals surface area (Å²) in [5.41, 5.74) is 4.99. The van der Waals surface area contributed by atoms with Gasteiger partial charge in [0.25, 0.3) is 0 Å². The predicted molar refractivity (Wildman–Crippen MR) is 206 cm³/mol. The number of rotatable bonds is 12. The highest BCUT2D eigenvalue weighted by molar-refractivity contribution is 7.16. The number of aliphatic hydroxyl groups excluding tert-OH is 1. The van der Waals surface area contributed by atoms with Gasteiger partial charge in [0.2, 0.25) is 5.69 Å². The number of ketones is 1. The molecule has 0 radical (unpaired) electrons. The minimum atomic E-state index is -4.98. The van der Waals surface area contributed by atoms with E-state index in [9.17, 15) is 27.9 Å². The van der Waals surface area contributed by atoms with Crippen molar-refractivity contribution < 1.29 is 37.5 Å². The number of hydrogen-bond donors (Lipinski definition) is 2. The van der Waals surface area contributed by atoms with Gasteiger partial charge in [0, 0.05) is 62.8 Å². The Kier molecular flexibility index (Phi) is 10.5. The zero-order valence-corrected chi connectivity index (χ0v) is 32.0. The summed E-state index contributed by atoms with van der Waals surface area (Å²) in [7, 11) is 0. The molecule has 1 aliphatic carbocycles. The average Bonchev–Trinajstić information content (AvgIpc) is 3.72. The van der Waals surface area contributed by atoms with Crippen LogP contribution in [0.4, 0.5) is 24.5 Å². The van der Waals surface area contributed by atoms with Gasteiger partial charge in [0.1, 0.15) is 12.1 Å². The summed E-state index contributed by atoms with van der Waals surface area (Å²) in [5.74, 6) is -2.76. The maximum atomic E-state index is 14.0. The molecule has 2 aromatic carbocycles. The Labute approximate surface area is 313 Å². The van der Waals surface area contributed by atoms with E-state index in [2.05, 4.69) is 63.2 Å². The molecule has 0 spiro atoms. The average molecular weight is 746 g/mol. The van der Waals surface area contributed by atoms with E-state index in [0.717, 1.165) is 90.4 Å². The van der Waals surface area contributed by atoms with Crippen molar-refractivity contribution in [2.45, 2.75) is 96.8 Å². The Morgan fingerprint density at radius 2 is 1.70 bits per heavy atom. The van der Waals surface area contributed by atoms with Gasteiger partial charge in [0.15, 0.2) is 11.5 Å². The molecule has 3 aliphatic rings. The van der Waals surface area contributed by atoms with Crippen LogP contribution in [0, 0.1) is 5.92 Å². The molecule has 2 unspecified atom stereocenters. The van der Waals surface area contributed by atoms with Gasteiger partial charge < -0.3 is 15.1 Å². The van der Waals surface area contributed by atoms with E-state index in [1.807, 2.05) is 42.5 Å². The third kappa shape index (κ3) is 6.96. The van der Waals surface area contributed by atoms with Crippen LogP contribution >= 0.6 is 11.3 Å². The molecular weight excluding hydrogens is 698 g/mol. The first kappa shape index (κ1) is 38.4. The summed E-state index contributed by atoms with van der Waals surface area (Å²) < 4.78 is 42.3. The summed E-state index contributed by atoms with van der Waals surface area (Å²) >= 11 is 1.09. The number of carboxylic acids is 1. The minimum absolute atomic E-state index is 0.0853. The first-order valence-electron chi connectivity index (χ1n) is 18.5. The molecule has 2 atom stereocenters. The normalized spacial score (nSPS) is 22.1. The van der Waals surface area contributed by atoms with Gasteiger partial charge in [-0.2, -0.15) is 17.7 Å². The number of para-hydroxylation sites is 1. The number of benzene rings is 2. The predicted octanol–water partition coefficient (Wildman–Crippen LogP) is 9.98. The second kappa shape index (κ2) is 14.5. The van der Waals surface area contributed by atoms with Crippen LogP contribution in [0.1, 0.15) is 89.7 Å². The zero-order chi connectivity index (χ0) is 38.5. The number of carboxylic acid groups (broad SMARTS) is 1. The first-order valence-corrected chi connectivity index (χ1v) is 19.3. The highest BCUT2D eigenvalue weighted by Crippen LogP contribution is 2.50. The summed E-state index contributed by atoms with van der Waals surface area (Å²) in [6.45, 7) is 14.4. The second-order valence-corrected chi connectivity index (χ2v) is 16.4. The van der Waals surface area contributed by atoms with Gasteiger partial charge in [-0.1, -0.05) is 64.8 Å². The lowest BCUT2D eigenvalue weighted by molar-refractivity contribution is -0.438. The third-order valence-corrected chi connectivity index (χ3v) is 12.1. The molecule has 6 rings (SSSR count). The van der Waals surface area contributed by atoms with Crippen LogP contribution in [0.3, 0.4) is 0 Å². The molecule has 0 amide bonds. The second-order valence-electron chi connectivity index (χ2n) is 15.3. The van der Waals surface area contributed by atoms with Gasteiger partial charge in [-0.15, -0.1) is 11.3 Å². The molecule has 53 heavy (non-hydrogen) atoms. The van der Waals surface area contributed by atoms with Crippen LogP contribution < -0.4 is 4.90 Å². The maximum absolute atomic E-state index is 14.0. The van der Waals surface area contributed by atoms with Gasteiger partial charge in [0.05, 0.1) is 17.4 Å². The number of hydrogen-bond acceptors (Lipinski definition) is 5. The zero-order valence-electron chi connectivity index (χ0n) is 31.2. The van der Waals surface area contributed by atoms with E-state index in [-0.39, 0.29) is 16.1 Å². The number of carbonyl (C=O) groups is 2. The van der Waals surface area contributed by atoms with E-state index < -0.39 is 35.2 Å². The number of allylic oxidation sites excluding steroid dienone is 2. The van der Waals surface area contributed by atoms with Crippen LogP contribution in [0.25, 0.3) is 16.5 Å². The molecule has 3 heterocycles. The van der Waals surface area contributed by atoms with Crippen molar-refractivity contribution in [2.24, 2.45) is 5.92 Å². The van der Waals surface area contributed by atoms with Crippen molar-refractivity contribution in [1.29, 1.82) is 0 Å². The van der Waals surface area contributed by atoms with Crippen molar-refractivity contribution in [3.63, 3.8) is 0 Å². The number of fused-ring (bicyclic) bond motifs is 2. The Morgan fingerprint density at radius 3 is 2.36 bits per heavy atom. The largest absolute Gasteiger partial charge is 0.478 e. The number of nitrogens with zero attached hydrogens (tertiary/aromatic N) is 2. The number of alkyl halides is 3. The number of Topliss-reactive ketones (excluding diaryl/α,β-unsaturated/α-hetero) is 1. The number of anilines is 1. The molecule has 6 nitrogen and oxygen atoms in total. The maximum Gasteiger partial charge on any atom is 0.423 e. The summed E-state index contributed by atoms with van der Waals surface area (Å²) in [6.07, 6.45) is 3.74. The van der Waals surface area contributed by atoms with Crippen LogP contribution in [0.2, 0.25) is 0 Å². The molecule has 2 aliphatic heterocycles. The van der Waals surface area contributed by atoms with Gasteiger partial charge in [-0.3, -0.25) is 4.79 Å². The SMILES string of the molecule is CCCCCC[N+]1=C(C=C2C(=O)C(C=C3N(CCC)c4ccccc4C3(C)C)C2O)C(C)(C)c2cc(-c3ccc(C=C(C(=O)O)C(F)(F)F)s3)ccc21. The fourth-order valence-corrected chi connectivity index (χ4v) is 8.99. The van der Waals surface area contributed by atoms with E-state index >= 15 is 0 Å². The molecule has 1 saturated carbocycles. The van der Waals surface area contributed by atoms with Crippen molar-refractivity contribution in [3.05, 3.63) is 99.6 Å². The van der Waals surface area contributed by atoms with Crippen LogP contribution in [0.15, 0.2) is 83.6 Å². The number of unbranched alkanes of at least 4 members (excludes halogenated alkanes) is 3. The van der Waals surface area contributed by atoms with Gasteiger partial charge in [-0.05, 0) is 74.2 Å². The number of aliphatic carboxylic acids is 1. The van der Waals surface area contributed by atoms with E-state index in [0.29, 0.717) is 16.5 Å². The Balaban J connectivity index is 1.33. The molecule has 3 aromatic rings. The van der Waals surface area contributed by atoms with Gasteiger partial charge in [-0.25, -0.2) is 4.79 Å². The number of carbonyl (C=O) groups excluding carboxylic acids is 1. The molecular formula is C43H48F3N2O4S+. The highest BCUT2D eigenvalue weighted by atomic mass is 32.1. The smallest absolute Gasteiger partial charge is 0.423 e. The van der Waals surface area contributed by atoms with Crippen molar-refractivity contribution >= 4 is 46.3 Å². The fraction of sp³-hybridized carbons (Fsp3) is 0.419. The van der Waals surface area contributed by atoms with E-state index in [1.54, 1.807) is 6.07 Å². The number of halogens is 3. The van der Waals surface area contributed by atoms with Crippen molar-refractivity contribution in [1.82, 2.24) is 0 Å². The third-order valence-electron chi connectivity index (χ3n) is 11.0. The summed E-state index contributed by atoms with van der Waals surface area (Å²) in [4.78, 5) is 28.5. The Hall–Kier alpha value is -4.28. The lowest BCUT2D eigenvalue weighted by Crippen LogP contribution is -2.46. The quantitative estimate of drug-likeness (QED) is 0.110. The lowest BCUT2D eigenvalue weighted by atomic mass is 9.71. The fourth-order valence-electron chi connectivity index (χ4n) is 8.04. The topological polar surface area (TPSA) is 80.8 Å². The standard InChI is InChI=1S/C43H47F3N2O4S/c1-7-9-10-13-21-48-34-18-16-26(35-19-17-27(53-35)23-32(40(51)52)43(44,45)46)22-31(34)42(5,6)37(48)25-29-38(49)28(39(29)50)24-36-41(3,4)30-14-11-12-15-33(30)47(36)20-8-2/h11-12,14-19,22-25,28,38,49H,7-10,13,20-21H2,1-6H3/p+1.